The smallest absolute Gasteiger partial charge is 0.00745 e. The summed E-state index contributed by atoms with van der Waals surface area (Å²) < 4.78 is 0. The first-order valence-electron chi connectivity index (χ1n) is 3.78. The van der Waals surface area contributed by atoms with E-state index < -0.39 is 0 Å². The molecule has 0 heterocycles. The maximum Gasteiger partial charge on any atom is -0.00745 e. The Morgan fingerprint density at radius 2 is 1.44 bits per heavy atom. The molecule has 9 heavy (non-hydrogen) atoms. The lowest BCUT2D eigenvalue weighted by Crippen LogP contribution is -2.03. The van der Waals surface area contributed by atoms with Gasteiger partial charge in [-0.2, -0.15) is 0 Å². The number of hydrogen-bond donors (Lipinski definition) is 2. The van der Waals surface area contributed by atoms with Crippen LogP contribution in [-0.2, 0) is 0 Å². The van der Waals surface area contributed by atoms with E-state index in [1.54, 1.807) is 0 Å². The Labute approximate surface area is 56.6 Å². The Bertz CT molecular complexity index is 73.0. The van der Waals surface area contributed by atoms with Gasteiger partial charge in [0.15, 0.2) is 0 Å². The van der Waals surface area contributed by atoms with E-state index in [1.165, 1.54) is 19.3 Å². The normalized spacial score (nSPS) is 32.7. The van der Waals surface area contributed by atoms with Gasteiger partial charge >= 0.3 is 0 Å². The van der Waals surface area contributed by atoms with Gasteiger partial charge in [-0.1, -0.05) is 0 Å². The van der Waals surface area contributed by atoms with Crippen LogP contribution in [0.1, 0.15) is 19.3 Å². The molecule has 0 aromatic carbocycles. The molecule has 2 nitrogen and oxygen atoms in total. The minimum Gasteiger partial charge on any atom is -0.330 e. The maximum absolute atomic E-state index is 5.40. The van der Waals surface area contributed by atoms with E-state index in [0.29, 0.717) is 0 Å². The molecule has 4 N–H and O–H groups in total. The molecule has 54 valence electrons. The Balaban J connectivity index is 1.96. The van der Waals surface area contributed by atoms with Crippen LogP contribution in [-0.4, -0.2) is 13.1 Å². The maximum atomic E-state index is 5.40. The highest BCUT2D eigenvalue weighted by Crippen LogP contribution is 2.42. The summed E-state index contributed by atoms with van der Waals surface area (Å²) in [5.41, 5.74) is 10.8. The molecule has 0 radical (unpaired) electrons. The molecule has 0 saturated heterocycles. The van der Waals surface area contributed by atoms with Gasteiger partial charge in [-0.15, -0.1) is 0 Å². The zero-order valence-corrected chi connectivity index (χ0v) is 5.84. The van der Waals surface area contributed by atoms with Crippen LogP contribution in [0, 0.1) is 11.8 Å². The van der Waals surface area contributed by atoms with E-state index in [0.717, 1.165) is 24.9 Å². The van der Waals surface area contributed by atoms with Crippen molar-refractivity contribution < 1.29 is 0 Å². The van der Waals surface area contributed by atoms with Gasteiger partial charge in [0.25, 0.3) is 0 Å². The number of hydrogen-bond acceptors (Lipinski definition) is 2. The van der Waals surface area contributed by atoms with E-state index in [1.807, 2.05) is 0 Å². The van der Waals surface area contributed by atoms with Crippen LogP contribution in [0.5, 0.6) is 0 Å². The van der Waals surface area contributed by atoms with Gasteiger partial charge in [0, 0.05) is 0 Å². The van der Waals surface area contributed by atoms with E-state index in [9.17, 15) is 0 Å². The summed E-state index contributed by atoms with van der Waals surface area (Å²) in [6, 6.07) is 0. The topological polar surface area (TPSA) is 52.0 Å². The molecule has 2 unspecified atom stereocenters. The molecule has 0 amide bonds. The van der Waals surface area contributed by atoms with E-state index in [4.69, 9.17) is 11.5 Å². The van der Waals surface area contributed by atoms with Crippen molar-refractivity contribution in [1.82, 2.24) is 0 Å². The van der Waals surface area contributed by atoms with Crippen LogP contribution >= 0.6 is 0 Å². The lowest BCUT2D eigenvalue weighted by atomic mass is 10.2. The SMILES string of the molecule is NCCC1CC1CCN. The second kappa shape index (κ2) is 3.18. The minimum absolute atomic E-state index is 0.853. The molecule has 0 aromatic rings. The standard InChI is InChI=1S/C7H16N2/c8-3-1-6-5-7(6)2-4-9/h6-7H,1-5,8-9H2. The Morgan fingerprint density at radius 1 is 1.00 bits per heavy atom. The Morgan fingerprint density at radius 3 is 1.78 bits per heavy atom. The molecule has 1 fully saturated rings. The van der Waals surface area contributed by atoms with Gasteiger partial charge in [-0.25, -0.2) is 0 Å². The van der Waals surface area contributed by atoms with Crippen LogP contribution in [0.15, 0.2) is 0 Å². The molecule has 2 heteroatoms. The Hall–Kier alpha value is -0.0800. The monoisotopic (exact) mass is 128 g/mol. The van der Waals surface area contributed by atoms with Gasteiger partial charge in [0.2, 0.25) is 0 Å². The molecule has 1 rings (SSSR count). The molecule has 2 atom stereocenters. The summed E-state index contributed by atoms with van der Waals surface area (Å²) in [6.45, 7) is 1.71. The molecule has 0 aromatic heterocycles. The molecule has 0 bridgehead atoms. The summed E-state index contributed by atoms with van der Waals surface area (Å²) in [5, 5.41) is 0. The van der Waals surface area contributed by atoms with Crippen LogP contribution in [0.4, 0.5) is 0 Å². The Kier molecular flexibility index (Phi) is 2.49. The van der Waals surface area contributed by atoms with Gasteiger partial charge in [-0.05, 0) is 44.2 Å². The van der Waals surface area contributed by atoms with Crippen LogP contribution in [0.2, 0.25) is 0 Å². The summed E-state index contributed by atoms with van der Waals surface area (Å²) in [6.07, 6.45) is 3.81. The molecule has 0 aliphatic heterocycles. The predicted molar refractivity (Wildman–Crippen MR) is 38.9 cm³/mol. The van der Waals surface area contributed by atoms with E-state index in [-0.39, 0.29) is 0 Å². The summed E-state index contributed by atoms with van der Waals surface area (Å²) in [5.74, 6) is 1.86. The third-order valence-corrected chi connectivity index (χ3v) is 2.14. The molecular formula is C7H16N2. The van der Waals surface area contributed by atoms with Crippen molar-refractivity contribution in [2.24, 2.45) is 23.3 Å². The highest BCUT2D eigenvalue weighted by atomic mass is 14.6. The van der Waals surface area contributed by atoms with Gasteiger partial charge in [0.05, 0.1) is 0 Å². The first-order valence-corrected chi connectivity index (χ1v) is 3.78. The number of nitrogens with two attached hydrogens (primary N) is 2. The van der Waals surface area contributed by atoms with Crippen LogP contribution in [0.25, 0.3) is 0 Å². The third-order valence-electron chi connectivity index (χ3n) is 2.14. The van der Waals surface area contributed by atoms with E-state index >= 15 is 0 Å². The second-order valence-electron chi connectivity index (χ2n) is 2.91. The molecule has 1 aliphatic rings. The average Bonchev–Trinajstić information content (AvgIpc) is 2.50. The largest absolute Gasteiger partial charge is 0.330 e. The lowest BCUT2D eigenvalue weighted by Gasteiger charge is -1.93. The first kappa shape index (κ1) is 7.03. The second-order valence-corrected chi connectivity index (χ2v) is 2.91. The van der Waals surface area contributed by atoms with Crippen molar-refractivity contribution >= 4 is 0 Å². The first-order chi connectivity index (χ1) is 4.38. The van der Waals surface area contributed by atoms with Crippen molar-refractivity contribution in [2.45, 2.75) is 19.3 Å². The predicted octanol–water partition coefficient (Wildman–Crippen LogP) is 0.320. The van der Waals surface area contributed by atoms with E-state index in [2.05, 4.69) is 0 Å². The van der Waals surface area contributed by atoms with Crippen molar-refractivity contribution in [3.63, 3.8) is 0 Å². The fourth-order valence-corrected chi connectivity index (χ4v) is 1.45. The van der Waals surface area contributed by atoms with Crippen LogP contribution < -0.4 is 11.5 Å². The molecule has 1 saturated carbocycles. The van der Waals surface area contributed by atoms with Crippen LogP contribution in [0.3, 0.4) is 0 Å². The molecule has 1 aliphatic carbocycles. The van der Waals surface area contributed by atoms with Gasteiger partial charge in [-0.3, -0.25) is 0 Å². The summed E-state index contributed by atoms with van der Waals surface area (Å²) in [7, 11) is 0. The minimum atomic E-state index is 0.853. The highest BCUT2D eigenvalue weighted by molar-refractivity contribution is 4.85. The number of rotatable bonds is 4. The summed E-state index contributed by atoms with van der Waals surface area (Å²) in [4.78, 5) is 0. The van der Waals surface area contributed by atoms with Crippen molar-refractivity contribution in [2.75, 3.05) is 13.1 Å². The van der Waals surface area contributed by atoms with Crippen molar-refractivity contribution in [1.29, 1.82) is 0 Å². The third kappa shape index (κ3) is 1.95. The fraction of sp³-hybridized carbons (Fsp3) is 1.00. The molecule has 0 spiro atoms. The average molecular weight is 128 g/mol. The lowest BCUT2D eigenvalue weighted by molar-refractivity contribution is 0.620. The zero-order chi connectivity index (χ0) is 6.69. The quantitative estimate of drug-likeness (QED) is 0.573. The van der Waals surface area contributed by atoms with Gasteiger partial charge in [0.1, 0.15) is 0 Å². The zero-order valence-electron chi connectivity index (χ0n) is 5.84. The van der Waals surface area contributed by atoms with Crippen molar-refractivity contribution in [3.8, 4) is 0 Å². The molecular weight excluding hydrogens is 112 g/mol. The highest BCUT2D eigenvalue weighted by Gasteiger charge is 2.34. The van der Waals surface area contributed by atoms with Gasteiger partial charge < -0.3 is 11.5 Å². The van der Waals surface area contributed by atoms with Crippen molar-refractivity contribution in [3.05, 3.63) is 0 Å². The fourth-order valence-electron chi connectivity index (χ4n) is 1.45. The summed E-state index contributed by atoms with van der Waals surface area (Å²) >= 11 is 0.